The van der Waals surface area contributed by atoms with E-state index in [4.69, 9.17) is 0 Å². The topological polar surface area (TPSA) is 173 Å². The van der Waals surface area contributed by atoms with E-state index in [1.54, 1.807) is 0 Å². The van der Waals surface area contributed by atoms with Gasteiger partial charge in [-0.1, -0.05) is 0 Å². The van der Waals surface area contributed by atoms with Gasteiger partial charge in [-0.25, -0.2) is 0 Å². The predicted octanol–water partition coefficient (Wildman–Crippen LogP) is 4.22. The Hall–Kier alpha value is -3.96. The molecule has 0 spiro atoms. The van der Waals surface area contributed by atoms with Gasteiger partial charge in [0.1, 0.15) is 0 Å². The Kier molecular flexibility index (Phi) is 5.07. The smallest absolute Gasteiger partial charge is 0.258 e. The molecule has 0 saturated heterocycles. The molecule has 0 unspecified atom stereocenters. The molecule has 12 heteroatoms. The number of nitro groups is 4. The molecule has 0 amide bonds. The number of benzene rings is 2. The van der Waals surface area contributed by atoms with Gasteiger partial charge in [0, 0.05) is 23.3 Å². The first-order chi connectivity index (χ1) is 12.9. The van der Waals surface area contributed by atoms with Crippen molar-refractivity contribution in [3.8, 4) is 11.1 Å². The van der Waals surface area contributed by atoms with Crippen LogP contribution in [0.4, 0.5) is 22.7 Å². The number of rotatable bonds is 5. The number of aryl methyl sites for hydroxylation is 2. The predicted molar refractivity (Wildman–Crippen MR) is 97.4 cm³/mol. The van der Waals surface area contributed by atoms with Crippen molar-refractivity contribution >= 4 is 22.7 Å². The van der Waals surface area contributed by atoms with Crippen LogP contribution in [0.15, 0.2) is 12.1 Å². The minimum Gasteiger partial charge on any atom is -0.258 e. The van der Waals surface area contributed by atoms with E-state index >= 15 is 0 Å². The van der Waals surface area contributed by atoms with Crippen molar-refractivity contribution in [2.45, 2.75) is 27.7 Å². The lowest BCUT2D eigenvalue weighted by atomic mass is 9.90. The van der Waals surface area contributed by atoms with E-state index in [1.807, 2.05) is 0 Å². The lowest BCUT2D eigenvalue weighted by molar-refractivity contribution is -0.397. The van der Waals surface area contributed by atoms with E-state index in [0.29, 0.717) is 0 Å². The van der Waals surface area contributed by atoms with Crippen molar-refractivity contribution in [3.05, 3.63) is 74.8 Å². The Balaban J connectivity index is 3.29. The van der Waals surface area contributed by atoms with Gasteiger partial charge in [0.15, 0.2) is 11.1 Å². The molecule has 0 aromatic heterocycles. The third-order valence-corrected chi connectivity index (χ3v) is 4.59. The van der Waals surface area contributed by atoms with Gasteiger partial charge in [-0.2, -0.15) is 0 Å². The van der Waals surface area contributed by atoms with Crippen LogP contribution in [-0.4, -0.2) is 19.7 Å². The molecular formula is C16H14N4O8. The molecule has 0 aliphatic heterocycles. The fourth-order valence-corrected chi connectivity index (χ4v) is 3.00. The maximum Gasteiger partial charge on any atom is 0.287 e. The molecule has 0 aliphatic rings. The first-order valence-corrected chi connectivity index (χ1v) is 7.76. The van der Waals surface area contributed by atoms with Crippen LogP contribution in [0.25, 0.3) is 11.1 Å². The zero-order valence-corrected chi connectivity index (χ0v) is 15.2. The van der Waals surface area contributed by atoms with Gasteiger partial charge in [0.05, 0.1) is 19.7 Å². The van der Waals surface area contributed by atoms with Crippen LogP contribution >= 0.6 is 0 Å². The molecule has 0 bridgehead atoms. The van der Waals surface area contributed by atoms with Gasteiger partial charge in [0.25, 0.3) is 22.7 Å². The first kappa shape index (κ1) is 20.4. The molecule has 28 heavy (non-hydrogen) atoms. The highest BCUT2D eigenvalue weighted by atomic mass is 16.6. The minimum atomic E-state index is -0.947. The maximum absolute atomic E-state index is 11.7. The van der Waals surface area contributed by atoms with E-state index in [0.717, 1.165) is 12.1 Å². The summed E-state index contributed by atoms with van der Waals surface area (Å²) in [5.41, 5.74) is -4.23. The van der Waals surface area contributed by atoms with Gasteiger partial charge in [0.2, 0.25) is 0 Å². The van der Waals surface area contributed by atoms with Gasteiger partial charge >= 0.3 is 0 Å². The van der Waals surface area contributed by atoms with Crippen molar-refractivity contribution in [2.24, 2.45) is 0 Å². The fourth-order valence-electron chi connectivity index (χ4n) is 3.00. The molecular weight excluding hydrogens is 376 g/mol. The van der Waals surface area contributed by atoms with E-state index in [2.05, 4.69) is 0 Å². The quantitative estimate of drug-likeness (QED) is 0.538. The van der Waals surface area contributed by atoms with Crippen LogP contribution in [0.1, 0.15) is 22.3 Å². The lowest BCUT2D eigenvalue weighted by Gasteiger charge is -2.12. The molecule has 0 radical (unpaired) electrons. The number of hydrogen-bond acceptors (Lipinski definition) is 8. The summed E-state index contributed by atoms with van der Waals surface area (Å²) in [5.74, 6) is 0. The van der Waals surface area contributed by atoms with Crippen LogP contribution in [0, 0.1) is 68.2 Å². The third kappa shape index (κ3) is 3.11. The number of nitrogens with zero attached hydrogens (tertiary/aromatic N) is 4. The highest BCUT2D eigenvalue weighted by Gasteiger charge is 2.40. The molecule has 0 N–H and O–H groups in total. The molecule has 2 aromatic rings. The zero-order valence-electron chi connectivity index (χ0n) is 15.2. The second-order valence-electron chi connectivity index (χ2n) is 6.15. The SMILES string of the molecule is Cc1cc([N+](=O)[O-])c(-c2c([N+](=O)[O-])cc(C)c(C)c2[N+](=O)[O-])c([N+](=O)[O-])c1C. The van der Waals surface area contributed by atoms with E-state index in [1.165, 1.54) is 27.7 Å². The molecule has 2 rings (SSSR count). The summed E-state index contributed by atoms with van der Waals surface area (Å²) >= 11 is 0. The van der Waals surface area contributed by atoms with Crippen molar-refractivity contribution in [1.82, 2.24) is 0 Å². The summed E-state index contributed by atoms with van der Waals surface area (Å²) in [6, 6.07) is 2.03. The van der Waals surface area contributed by atoms with Crippen LogP contribution in [0.3, 0.4) is 0 Å². The lowest BCUT2D eigenvalue weighted by Crippen LogP contribution is -2.07. The number of nitro benzene ring substituents is 4. The molecule has 0 heterocycles. The summed E-state index contributed by atoms with van der Waals surface area (Å²) in [4.78, 5) is 42.8. The van der Waals surface area contributed by atoms with Crippen LogP contribution < -0.4 is 0 Å². The van der Waals surface area contributed by atoms with Crippen molar-refractivity contribution < 1.29 is 19.7 Å². The standard InChI is InChI=1S/C16H14N4O8/c1-7-5-11(17(21)22)13(15(9(7)3)19(25)26)14-12(18(23)24)6-8(2)10(4)16(14)20(27)28/h5-6H,1-4H3. The fraction of sp³-hybridized carbons (Fsp3) is 0.250. The van der Waals surface area contributed by atoms with E-state index < -0.39 is 53.6 Å². The summed E-state index contributed by atoms with van der Waals surface area (Å²) in [7, 11) is 0. The maximum atomic E-state index is 11.7. The average Bonchev–Trinajstić information content (AvgIpc) is 2.57. The summed E-state index contributed by atoms with van der Waals surface area (Å²) in [6.07, 6.45) is 0. The van der Waals surface area contributed by atoms with Gasteiger partial charge in [-0.05, 0) is 38.8 Å². The molecule has 2 aromatic carbocycles. The molecule has 0 aliphatic carbocycles. The Morgan fingerprint density at radius 3 is 1.07 bits per heavy atom. The van der Waals surface area contributed by atoms with Gasteiger partial charge < -0.3 is 0 Å². The van der Waals surface area contributed by atoms with Crippen molar-refractivity contribution in [2.75, 3.05) is 0 Å². The number of hydrogen-bond donors (Lipinski definition) is 0. The third-order valence-electron chi connectivity index (χ3n) is 4.59. The average molecular weight is 390 g/mol. The second-order valence-corrected chi connectivity index (χ2v) is 6.15. The largest absolute Gasteiger partial charge is 0.287 e. The van der Waals surface area contributed by atoms with Crippen LogP contribution in [-0.2, 0) is 0 Å². The summed E-state index contributed by atoms with van der Waals surface area (Å²) in [5, 5.41) is 46.6. The molecule has 0 atom stereocenters. The molecule has 0 saturated carbocycles. The van der Waals surface area contributed by atoms with Crippen molar-refractivity contribution in [1.29, 1.82) is 0 Å². The molecule has 12 nitrogen and oxygen atoms in total. The van der Waals surface area contributed by atoms with Crippen LogP contribution in [0.2, 0.25) is 0 Å². The van der Waals surface area contributed by atoms with Gasteiger partial charge in [-0.15, -0.1) is 0 Å². The van der Waals surface area contributed by atoms with Crippen molar-refractivity contribution in [3.63, 3.8) is 0 Å². The summed E-state index contributed by atoms with van der Waals surface area (Å²) in [6.45, 7) is 5.45. The monoisotopic (exact) mass is 390 g/mol. The molecule has 0 fully saturated rings. The Bertz CT molecular complexity index is 992. The van der Waals surface area contributed by atoms with Gasteiger partial charge in [-0.3, -0.25) is 40.5 Å². The van der Waals surface area contributed by atoms with Crippen LogP contribution in [0.5, 0.6) is 0 Å². The Labute approximate surface area is 157 Å². The highest BCUT2D eigenvalue weighted by molar-refractivity contribution is 5.95. The van der Waals surface area contributed by atoms with E-state index in [9.17, 15) is 40.5 Å². The minimum absolute atomic E-state index is 0.0208. The first-order valence-electron chi connectivity index (χ1n) is 7.76. The zero-order chi connectivity index (χ0) is 21.5. The van der Waals surface area contributed by atoms with E-state index in [-0.39, 0.29) is 22.3 Å². The Morgan fingerprint density at radius 1 is 0.571 bits per heavy atom. The Morgan fingerprint density at radius 2 is 0.857 bits per heavy atom. The second kappa shape index (κ2) is 6.98. The highest BCUT2D eigenvalue weighted by Crippen LogP contribution is 2.50. The molecule has 146 valence electrons. The normalized spacial score (nSPS) is 10.6. The summed E-state index contributed by atoms with van der Waals surface area (Å²) < 4.78 is 0.